The lowest BCUT2D eigenvalue weighted by Gasteiger charge is -2.36. The summed E-state index contributed by atoms with van der Waals surface area (Å²) in [5, 5.41) is 6.77. The average Bonchev–Trinajstić information content (AvgIpc) is 2.50. The van der Waals surface area contributed by atoms with E-state index in [2.05, 4.69) is 48.2 Å². The molecule has 0 radical (unpaired) electrons. The maximum absolute atomic E-state index is 11.7. The molecule has 0 aliphatic carbocycles. The van der Waals surface area contributed by atoms with Gasteiger partial charge in [0, 0.05) is 44.8 Å². The normalized spacial score (nSPS) is 15.8. The van der Waals surface area contributed by atoms with Crippen LogP contribution in [0.4, 0.5) is 4.79 Å². The first-order valence-electron chi connectivity index (χ1n) is 8.57. The predicted octanol–water partition coefficient (Wildman–Crippen LogP) is 1.73. The Kier molecular flexibility index (Phi) is 11.4. The van der Waals surface area contributed by atoms with Crippen LogP contribution in [0.15, 0.2) is 4.99 Å². The Bertz CT molecular complexity index is 390. The number of ether oxygens (including phenoxy) is 1. The molecule has 1 saturated heterocycles. The van der Waals surface area contributed by atoms with Crippen LogP contribution in [0.1, 0.15) is 34.6 Å². The highest BCUT2D eigenvalue weighted by molar-refractivity contribution is 14.0. The lowest BCUT2D eigenvalue weighted by Crippen LogP contribution is -2.54. The van der Waals surface area contributed by atoms with Gasteiger partial charge >= 0.3 is 6.09 Å². The van der Waals surface area contributed by atoms with Crippen LogP contribution >= 0.6 is 24.0 Å². The van der Waals surface area contributed by atoms with E-state index in [4.69, 9.17) is 4.74 Å². The van der Waals surface area contributed by atoms with Crippen LogP contribution in [0.25, 0.3) is 0 Å². The van der Waals surface area contributed by atoms with Crippen LogP contribution in [0.5, 0.6) is 0 Å². The number of piperazine rings is 1. The summed E-state index contributed by atoms with van der Waals surface area (Å²) >= 11 is 0. The number of carbonyl (C=O) groups is 1. The number of carbonyl (C=O) groups excluding carboxylic acids is 1. The van der Waals surface area contributed by atoms with Crippen molar-refractivity contribution in [1.29, 1.82) is 0 Å². The molecule has 1 heterocycles. The number of aliphatic imine (C=N–C) groups is 1. The maximum atomic E-state index is 11.7. The van der Waals surface area contributed by atoms with Gasteiger partial charge in [-0.25, -0.2) is 4.79 Å². The minimum atomic E-state index is -0.219. The minimum Gasteiger partial charge on any atom is -0.450 e. The molecule has 1 rings (SSSR count). The third-order valence-electron chi connectivity index (χ3n) is 3.47. The second-order valence-corrected chi connectivity index (χ2v) is 6.59. The highest BCUT2D eigenvalue weighted by atomic mass is 127. The van der Waals surface area contributed by atoms with Crippen molar-refractivity contribution in [3.8, 4) is 0 Å². The van der Waals surface area contributed by atoms with Gasteiger partial charge < -0.3 is 25.2 Å². The summed E-state index contributed by atoms with van der Waals surface area (Å²) in [5.41, 5.74) is 0.110. The first-order valence-corrected chi connectivity index (χ1v) is 8.57. The van der Waals surface area contributed by atoms with E-state index < -0.39 is 0 Å². The zero-order valence-corrected chi connectivity index (χ0v) is 18.1. The number of hydrogen-bond donors (Lipinski definition) is 2. The Hall–Kier alpha value is -0.770. The van der Waals surface area contributed by atoms with Crippen molar-refractivity contribution >= 4 is 36.0 Å². The third kappa shape index (κ3) is 8.91. The van der Waals surface area contributed by atoms with E-state index in [0.717, 1.165) is 38.7 Å². The molecule has 7 nitrogen and oxygen atoms in total. The molecular formula is C16H34IN5O2. The largest absolute Gasteiger partial charge is 0.450 e. The standard InChI is InChI=1S/C16H33N5O2.HI/c1-6-17-14(18-8-9-19-16(3,4)5)20-10-12-21(13-11-20)15(22)23-7-2;/h19H,6-13H2,1-5H3,(H,17,18);1H. The van der Waals surface area contributed by atoms with Gasteiger partial charge in [-0.15, -0.1) is 24.0 Å². The highest BCUT2D eigenvalue weighted by Crippen LogP contribution is 2.04. The molecule has 0 aromatic heterocycles. The van der Waals surface area contributed by atoms with Crippen molar-refractivity contribution in [3.63, 3.8) is 0 Å². The molecule has 1 aliphatic heterocycles. The van der Waals surface area contributed by atoms with Crippen molar-refractivity contribution in [2.45, 2.75) is 40.2 Å². The van der Waals surface area contributed by atoms with E-state index in [1.165, 1.54) is 0 Å². The van der Waals surface area contributed by atoms with E-state index in [9.17, 15) is 4.79 Å². The lowest BCUT2D eigenvalue weighted by molar-refractivity contribution is 0.0914. The molecule has 1 aliphatic rings. The summed E-state index contributed by atoms with van der Waals surface area (Å²) in [5.74, 6) is 0.923. The molecule has 0 atom stereocenters. The Labute approximate surface area is 163 Å². The molecule has 8 heteroatoms. The molecule has 0 unspecified atom stereocenters. The summed E-state index contributed by atoms with van der Waals surface area (Å²) in [7, 11) is 0. The fraction of sp³-hybridized carbons (Fsp3) is 0.875. The van der Waals surface area contributed by atoms with Gasteiger partial charge in [0.05, 0.1) is 13.2 Å². The Morgan fingerprint density at radius 2 is 1.71 bits per heavy atom. The topological polar surface area (TPSA) is 69.2 Å². The summed E-state index contributed by atoms with van der Waals surface area (Å²) in [6.07, 6.45) is -0.219. The van der Waals surface area contributed by atoms with E-state index in [1.807, 2.05) is 6.92 Å². The fourth-order valence-electron chi connectivity index (χ4n) is 2.33. The molecule has 0 aromatic rings. The van der Waals surface area contributed by atoms with Gasteiger partial charge in [-0.1, -0.05) is 0 Å². The minimum absolute atomic E-state index is 0. The van der Waals surface area contributed by atoms with Crippen LogP contribution in [-0.4, -0.2) is 79.8 Å². The van der Waals surface area contributed by atoms with Gasteiger partial charge in [0.25, 0.3) is 0 Å². The fourth-order valence-corrected chi connectivity index (χ4v) is 2.33. The molecule has 142 valence electrons. The van der Waals surface area contributed by atoms with Gasteiger partial charge in [0.2, 0.25) is 0 Å². The van der Waals surface area contributed by atoms with E-state index >= 15 is 0 Å². The molecule has 1 fully saturated rings. The number of nitrogens with one attached hydrogen (secondary N) is 2. The third-order valence-corrected chi connectivity index (χ3v) is 3.47. The van der Waals surface area contributed by atoms with E-state index in [1.54, 1.807) is 4.90 Å². The van der Waals surface area contributed by atoms with Crippen LogP contribution in [0, 0.1) is 0 Å². The zero-order chi connectivity index (χ0) is 17.3. The second-order valence-electron chi connectivity index (χ2n) is 6.59. The number of amides is 1. The van der Waals surface area contributed by atoms with Gasteiger partial charge in [-0.3, -0.25) is 4.99 Å². The predicted molar refractivity (Wildman–Crippen MR) is 109 cm³/mol. The van der Waals surface area contributed by atoms with Crippen molar-refractivity contribution in [2.75, 3.05) is 52.4 Å². The SMILES string of the molecule is CCNC(=NCCNC(C)(C)C)N1CCN(C(=O)OCC)CC1.I. The molecule has 0 bridgehead atoms. The molecule has 1 amide bonds. The van der Waals surface area contributed by atoms with Crippen molar-refractivity contribution in [2.24, 2.45) is 4.99 Å². The number of guanidine groups is 1. The first-order chi connectivity index (χ1) is 10.9. The summed E-state index contributed by atoms with van der Waals surface area (Å²) in [6, 6.07) is 0. The van der Waals surface area contributed by atoms with Crippen LogP contribution in [-0.2, 0) is 4.74 Å². The van der Waals surface area contributed by atoms with Gasteiger partial charge in [0.1, 0.15) is 0 Å². The maximum Gasteiger partial charge on any atom is 0.409 e. The Balaban J connectivity index is 0.00000529. The first kappa shape index (κ1) is 23.2. The quantitative estimate of drug-likeness (QED) is 0.286. The van der Waals surface area contributed by atoms with Crippen molar-refractivity contribution in [3.05, 3.63) is 0 Å². The molecule has 0 aromatic carbocycles. The van der Waals surface area contributed by atoms with Gasteiger partial charge in [-0.05, 0) is 34.6 Å². The summed E-state index contributed by atoms with van der Waals surface area (Å²) in [6.45, 7) is 16.1. The van der Waals surface area contributed by atoms with E-state index in [-0.39, 0.29) is 35.6 Å². The Morgan fingerprint density at radius 3 is 2.21 bits per heavy atom. The Morgan fingerprint density at radius 1 is 1.12 bits per heavy atom. The van der Waals surface area contributed by atoms with Crippen LogP contribution in [0.3, 0.4) is 0 Å². The number of hydrogen-bond acceptors (Lipinski definition) is 4. The highest BCUT2D eigenvalue weighted by Gasteiger charge is 2.23. The van der Waals surface area contributed by atoms with Crippen LogP contribution < -0.4 is 10.6 Å². The molecule has 0 saturated carbocycles. The van der Waals surface area contributed by atoms with Crippen molar-refractivity contribution in [1.82, 2.24) is 20.4 Å². The monoisotopic (exact) mass is 455 g/mol. The van der Waals surface area contributed by atoms with Gasteiger partial charge in [-0.2, -0.15) is 0 Å². The zero-order valence-electron chi connectivity index (χ0n) is 15.7. The molecule has 2 N–H and O–H groups in total. The van der Waals surface area contributed by atoms with Crippen LogP contribution in [0.2, 0.25) is 0 Å². The number of rotatable bonds is 5. The molecule has 0 spiro atoms. The lowest BCUT2D eigenvalue weighted by atomic mass is 10.1. The molecule has 24 heavy (non-hydrogen) atoms. The number of nitrogens with zero attached hydrogens (tertiary/aromatic N) is 3. The number of halogens is 1. The summed E-state index contributed by atoms with van der Waals surface area (Å²) < 4.78 is 5.05. The van der Waals surface area contributed by atoms with E-state index in [0.29, 0.717) is 19.7 Å². The average molecular weight is 455 g/mol. The molecular weight excluding hydrogens is 421 g/mol. The smallest absolute Gasteiger partial charge is 0.409 e. The summed E-state index contributed by atoms with van der Waals surface area (Å²) in [4.78, 5) is 20.4. The second kappa shape index (κ2) is 11.7. The van der Waals surface area contributed by atoms with Gasteiger partial charge in [0.15, 0.2) is 5.96 Å². The van der Waals surface area contributed by atoms with Crippen molar-refractivity contribution < 1.29 is 9.53 Å².